The Morgan fingerprint density at radius 3 is 2.12 bits per heavy atom. The number of aromatic nitrogens is 2. The molecule has 0 saturated heterocycles. The van der Waals surface area contributed by atoms with Crippen LogP contribution in [-0.4, -0.2) is 34.6 Å². The minimum absolute atomic E-state index is 0.120. The summed E-state index contributed by atoms with van der Waals surface area (Å²) in [5, 5.41) is -2.94. The Morgan fingerprint density at radius 1 is 1.31 bits per heavy atom. The molecule has 1 rings (SSSR count). The van der Waals surface area contributed by atoms with E-state index in [1.165, 1.54) is 12.5 Å². The topological polar surface area (TPSA) is 170 Å². The van der Waals surface area contributed by atoms with Crippen molar-refractivity contribution in [1.29, 1.82) is 0 Å². The zero-order valence-corrected chi connectivity index (χ0v) is 9.68. The van der Waals surface area contributed by atoms with Gasteiger partial charge in [-0.3, -0.25) is 9.13 Å². The molecular formula is C5H11N3O6P2. The Labute approximate surface area is 90.0 Å². The van der Waals surface area contributed by atoms with Crippen molar-refractivity contribution in [1.82, 2.24) is 9.97 Å². The van der Waals surface area contributed by atoms with Crippen molar-refractivity contribution in [2.75, 3.05) is 0 Å². The molecule has 1 heterocycles. The lowest BCUT2D eigenvalue weighted by Crippen LogP contribution is -2.41. The van der Waals surface area contributed by atoms with Crippen LogP contribution in [0.1, 0.15) is 5.69 Å². The van der Waals surface area contributed by atoms with Crippen molar-refractivity contribution < 1.29 is 28.7 Å². The number of nitrogens with zero attached hydrogens (tertiary/aromatic N) is 1. The zero-order chi connectivity index (χ0) is 12.6. The molecule has 16 heavy (non-hydrogen) atoms. The van der Waals surface area contributed by atoms with Gasteiger partial charge in [0.25, 0.3) is 0 Å². The molecule has 0 bridgehead atoms. The van der Waals surface area contributed by atoms with Crippen LogP contribution in [0.4, 0.5) is 0 Å². The van der Waals surface area contributed by atoms with Crippen LogP contribution in [0, 0.1) is 0 Å². The Morgan fingerprint density at radius 2 is 1.81 bits per heavy atom. The highest BCUT2D eigenvalue weighted by molar-refractivity contribution is 7.72. The summed E-state index contributed by atoms with van der Waals surface area (Å²) in [5.74, 6) is 0. The van der Waals surface area contributed by atoms with Crippen molar-refractivity contribution in [3.05, 3.63) is 18.2 Å². The maximum absolute atomic E-state index is 11.1. The molecule has 0 radical (unpaired) electrons. The van der Waals surface area contributed by atoms with Gasteiger partial charge in [-0.15, -0.1) is 0 Å². The van der Waals surface area contributed by atoms with Crippen molar-refractivity contribution >= 4 is 15.2 Å². The molecule has 11 heteroatoms. The van der Waals surface area contributed by atoms with Gasteiger partial charge in [-0.2, -0.15) is 0 Å². The second kappa shape index (κ2) is 4.05. The smallest absolute Gasteiger partial charge is 0.348 e. The minimum atomic E-state index is -5.18. The Bertz CT molecular complexity index is 425. The quantitative estimate of drug-likeness (QED) is 0.375. The normalized spacial score (nSPS) is 14.1. The lowest BCUT2D eigenvalue weighted by atomic mass is 10.3. The summed E-state index contributed by atoms with van der Waals surface area (Å²) in [5.41, 5.74) is 5.29. The molecule has 0 aliphatic heterocycles. The van der Waals surface area contributed by atoms with Crippen LogP contribution in [-0.2, 0) is 15.6 Å². The first kappa shape index (κ1) is 13.5. The highest BCUT2D eigenvalue weighted by Crippen LogP contribution is 2.66. The zero-order valence-electron chi connectivity index (χ0n) is 7.89. The van der Waals surface area contributed by atoms with Gasteiger partial charge in [0, 0.05) is 18.3 Å². The number of aromatic amines is 1. The van der Waals surface area contributed by atoms with E-state index in [9.17, 15) is 9.13 Å². The number of hydrogen-bond acceptors (Lipinski definition) is 4. The molecule has 0 fully saturated rings. The van der Waals surface area contributed by atoms with E-state index < -0.39 is 26.6 Å². The molecule has 9 nitrogen and oxygen atoms in total. The van der Waals surface area contributed by atoms with E-state index in [2.05, 4.69) is 9.97 Å². The molecule has 1 aromatic heterocycles. The van der Waals surface area contributed by atoms with E-state index in [1.54, 1.807) is 0 Å². The van der Waals surface area contributed by atoms with Gasteiger partial charge >= 0.3 is 15.2 Å². The van der Waals surface area contributed by atoms with Crippen LogP contribution in [0.25, 0.3) is 0 Å². The maximum Gasteiger partial charge on any atom is 0.358 e. The Kier molecular flexibility index (Phi) is 3.42. The third-order valence-corrected chi connectivity index (χ3v) is 5.91. The summed E-state index contributed by atoms with van der Waals surface area (Å²) in [7, 11) is -10.4. The van der Waals surface area contributed by atoms with Crippen LogP contribution in [0.2, 0.25) is 0 Å². The molecule has 0 saturated carbocycles. The number of hydrogen-bond donors (Lipinski definition) is 6. The third-order valence-electron chi connectivity index (χ3n) is 2.01. The minimum Gasteiger partial charge on any atom is -0.348 e. The van der Waals surface area contributed by atoms with Gasteiger partial charge in [-0.25, -0.2) is 4.98 Å². The largest absolute Gasteiger partial charge is 0.358 e. The van der Waals surface area contributed by atoms with E-state index >= 15 is 0 Å². The van der Waals surface area contributed by atoms with Crippen molar-refractivity contribution in [3.63, 3.8) is 0 Å². The van der Waals surface area contributed by atoms with Crippen LogP contribution < -0.4 is 5.73 Å². The average molecular weight is 271 g/mol. The number of nitrogens with two attached hydrogens (primary N) is 1. The van der Waals surface area contributed by atoms with Gasteiger partial charge in [0.1, 0.15) is 0 Å². The first-order valence-electron chi connectivity index (χ1n) is 3.95. The maximum atomic E-state index is 11.1. The lowest BCUT2D eigenvalue weighted by Gasteiger charge is -2.29. The van der Waals surface area contributed by atoms with Gasteiger partial charge < -0.3 is 30.3 Å². The van der Waals surface area contributed by atoms with Crippen molar-refractivity contribution in [2.24, 2.45) is 5.73 Å². The number of nitrogens with one attached hydrogen (secondary N) is 1. The summed E-state index contributed by atoms with van der Waals surface area (Å²) in [6.07, 6.45) is 1.67. The van der Waals surface area contributed by atoms with Crippen LogP contribution >= 0.6 is 15.2 Å². The third kappa shape index (κ3) is 2.41. The highest BCUT2D eigenvalue weighted by Gasteiger charge is 2.57. The number of H-pyrrole nitrogens is 1. The lowest BCUT2D eigenvalue weighted by molar-refractivity contribution is 0.307. The Hall–Kier alpha value is -0.530. The number of imidazole rings is 1. The number of rotatable bonds is 4. The van der Waals surface area contributed by atoms with Gasteiger partial charge in [0.2, 0.25) is 5.02 Å². The monoisotopic (exact) mass is 271 g/mol. The first-order chi connectivity index (χ1) is 7.08. The standard InChI is InChI=1S/C5H11N3O6P2/c6-5(15(9,10)11,16(12,13)14)1-4-2-7-3-8-4/h2-3H,1,6H2,(H,7,8)(H2,9,10,11)(H2,12,13,14). The molecule has 7 N–H and O–H groups in total. The second-order valence-electron chi connectivity index (χ2n) is 3.22. The van der Waals surface area contributed by atoms with E-state index in [-0.39, 0.29) is 5.69 Å². The second-order valence-corrected chi connectivity index (χ2v) is 7.35. The molecule has 0 amide bonds. The van der Waals surface area contributed by atoms with Gasteiger partial charge in [0.05, 0.1) is 6.33 Å². The van der Waals surface area contributed by atoms with Crippen molar-refractivity contribution in [3.8, 4) is 0 Å². The van der Waals surface area contributed by atoms with Crippen LogP contribution in [0.5, 0.6) is 0 Å². The van der Waals surface area contributed by atoms with E-state index in [4.69, 9.17) is 25.3 Å². The van der Waals surface area contributed by atoms with Crippen LogP contribution in [0.3, 0.4) is 0 Å². The molecule has 0 aliphatic carbocycles. The molecular weight excluding hydrogens is 260 g/mol. The summed E-state index contributed by atoms with van der Waals surface area (Å²) in [6, 6.07) is 0. The molecule has 0 atom stereocenters. The fourth-order valence-electron chi connectivity index (χ4n) is 1.04. The molecule has 0 aromatic carbocycles. The first-order valence-corrected chi connectivity index (χ1v) is 7.18. The predicted molar refractivity (Wildman–Crippen MR) is 53.3 cm³/mol. The average Bonchev–Trinajstić information content (AvgIpc) is 2.52. The summed E-state index contributed by atoms with van der Waals surface area (Å²) >= 11 is 0. The van der Waals surface area contributed by atoms with Crippen LogP contribution in [0.15, 0.2) is 12.5 Å². The summed E-state index contributed by atoms with van der Waals surface area (Å²) < 4.78 is 22.1. The molecule has 0 spiro atoms. The summed E-state index contributed by atoms with van der Waals surface area (Å²) in [6.45, 7) is 0. The SMILES string of the molecule is NC(Cc1cnc[nH]1)(P(=O)(O)O)P(=O)(O)O. The summed E-state index contributed by atoms with van der Waals surface area (Å²) in [4.78, 5) is 41.7. The van der Waals surface area contributed by atoms with Gasteiger partial charge in [0.15, 0.2) is 0 Å². The van der Waals surface area contributed by atoms with Gasteiger partial charge in [-0.1, -0.05) is 0 Å². The van der Waals surface area contributed by atoms with E-state index in [0.717, 1.165) is 0 Å². The van der Waals surface area contributed by atoms with E-state index in [1.807, 2.05) is 0 Å². The Balaban J connectivity index is 3.18. The molecule has 1 aromatic rings. The van der Waals surface area contributed by atoms with E-state index in [0.29, 0.717) is 0 Å². The fraction of sp³-hybridized carbons (Fsp3) is 0.400. The molecule has 0 aliphatic rings. The van der Waals surface area contributed by atoms with Crippen molar-refractivity contribution in [2.45, 2.75) is 11.4 Å². The van der Waals surface area contributed by atoms with Gasteiger partial charge in [-0.05, 0) is 0 Å². The molecule has 92 valence electrons. The predicted octanol–water partition coefficient (Wildman–Crippen LogP) is -1.08. The highest BCUT2D eigenvalue weighted by atomic mass is 31.2. The fourth-order valence-corrected chi connectivity index (χ4v) is 3.15. The molecule has 0 unspecified atom stereocenters.